The van der Waals surface area contributed by atoms with Crippen LogP contribution < -0.4 is 5.32 Å². The fourth-order valence-corrected chi connectivity index (χ4v) is 2.34. The van der Waals surface area contributed by atoms with Gasteiger partial charge in [0.15, 0.2) is 9.84 Å². The number of nitrogens with zero attached hydrogens (tertiary/aromatic N) is 1. The first-order chi connectivity index (χ1) is 9.05. The zero-order chi connectivity index (χ0) is 13.7. The minimum absolute atomic E-state index is 0.352. The summed E-state index contributed by atoms with van der Waals surface area (Å²) in [5.41, 5.74) is 2.23. The number of pyridine rings is 1. The molecular formula is C14H16N2O2S. The molecule has 1 aromatic heterocycles. The van der Waals surface area contributed by atoms with Gasteiger partial charge in [0.1, 0.15) is 0 Å². The largest absolute Gasteiger partial charge is 0.309 e. The lowest BCUT2D eigenvalue weighted by atomic mass is 10.2. The molecule has 1 heterocycles. The molecule has 5 heteroatoms. The fraction of sp³-hybridized carbons (Fsp3) is 0.214. The number of benzene rings is 1. The van der Waals surface area contributed by atoms with Gasteiger partial charge in [-0.1, -0.05) is 12.1 Å². The Labute approximate surface area is 113 Å². The SMILES string of the molecule is CS(=O)(=O)c1ccc(CNCc2ccncc2)cc1. The average Bonchev–Trinajstić information content (AvgIpc) is 2.39. The molecule has 1 N–H and O–H groups in total. The summed E-state index contributed by atoms with van der Waals surface area (Å²) in [6.07, 6.45) is 4.74. The third-order valence-electron chi connectivity index (χ3n) is 2.76. The highest BCUT2D eigenvalue weighted by Gasteiger charge is 2.05. The van der Waals surface area contributed by atoms with Crippen molar-refractivity contribution in [2.75, 3.05) is 6.26 Å². The molecule has 0 spiro atoms. The van der Waals surface area contributed by atoms with Gasteiger partial charge in [0.05, 0.1) is 4.90 Å². The summed E-state index contributed by atoms with van der Waals surface area (Å²) < 4.78 is 22.6. The lowest BCUT2D eigenvalue weighted by Crippen LogP contribution is -2.12. The Morgan fingerprint density at radius 1 is 0.947 bits per heavy atom. The maximum atomic E-state index is 11.3. The molecule has 0 aliphatic rings. The van der Waals surface area contributed by atoms with E-state index in [1.54, 1.807) is 24.5 Å². The van der Waals surface area contributed by atoms with Gasteiger partial charge in [0.25, 0.3) is 0 Å². The van der Waals surface area contributed by atoms with Gasteiger partial charge in [0, 0.05) is 31.7 Å². The number of hydrogen-bond donors (Lipinski definition) is 1. The summed E-state index contributed by atoms with van der Waals surface area (Å²) in [5, 5.41) is 3.30. The Morgan fingerprint density at radius 2 is 1.47 bits per heavy atom. The number of rotatable bonds is 5. The molecule has 100 valence electrons. The molecule has 0 bridgehead atoms. The lowest BCUT2D eigenvalue weighted by Gasteiger charge is -2.05. The molecule has 0 radical (unpaired) electrons. The molecule has 0 aliphatic heterocycles. The summed E-state index contributed by atoms with van der Waals surface area (Å²) >= 11 is 0. The van der Waals surface area contributed by atoms with E-state index in [0.29, 0.717) is 11.4 Å². The molecule has 4 nitrogen and oxygen atoms in total. The second-order valence-corrected chi connectivity index (χ2v) is 6.39. The molecule has 2 rings (SSSR count). The molecule has 0 saturated carbocycles. The first-order valence-corrected chi connectivity index (χ1v) is 7.83. The fourth-order valence-electron chi connectivity index (χ4n) is 1.71. The smallest absolute Gasteiger partial charge is 0.175 e. The summed E-state index contributed by atoms with van der Waals surface area (Å²) in [6.45, 7) is 1.46. The Kier molecular flexibility index (Phi) is 4.29. The second kappa shape index (κ2) is 5.95. The van der Waals surface area contributed by atoms with Gasteiger partial charge in [-0.2, -0.15) is 0 Å². The van der Waals surface area contributed by atoms with Crippen LogP contribution in [-0.2, 0) is 22.9 Å². The van der Waals surface area contributed by atoms with Crippen molar-refractivity contribution in [3.8, 4) is 0 Å². The molecule has 0 fully saturated rings. The molecular weight excluding hydrogens is 260 g/mol. The van der Waals surface area contributed by atoms with E-state index in [-0.39, 0.29) is 0 Å². The van der Waals surface area contributed by atoms with E-state index in [9.17, 15) is 8.42 Å². The van der Waals surface area contributed by atoms with Crippen LogP contribution in [0.2, 0.25) is 0 Å². The maximum absolute atomic E-state index is 11.3. The van der Waals surface area contributed by atoms with Gasteiger partial charge >= 0.3 is 0 Å². The molecule has 0 unspecified atom stereocenters. The zero-order valence-electron chi connectivity index (χ0n) is 10.7. The van der Waals surface area contributed by atoms with Crippen molar-refractivity contribution >= 4 is 9.84 Å². The highest BCUT2D eigenvalue weighted by molar-refractivity contribution is 7.90. The molecule has 0 atom stereocenters. The van der Waals surface area contributed by atoms with Crippen LogP contribution in [0.25, 0.3) is 0 Å². The average molecular weight is 276 g/mol. The van der Waals surface area contributed by atoms with Crippen LogP contribution in [0.5, 0.6) is 0 Å². The Morgan fingerprint density at radius 3 is 2.00 bits per heavy atom. The van der Waals surface area contributed by atoms with Crippen molar-refractivity contribution in [1.82, 2.24) is 10.3 Å². The first kappa shape index (κ1) is 13.7. The van der Waals surface area contributed by atoms with Crippen molar-refractivity contribution in [2.45, 2.75) is 18.0 Å². The van der Waals surface area contributed by atoms with Gasteiger partial charge in [-0.05, 0) is 35.4 Å². The summed E-state index contributed by atoms with van der Waals surface area (Å²) in [4.78, 5) is 4.31. The molecule has 19 heavy (non-hydrogen) atoms. The van der Waals surface area contributed by atoms with E-state index in [0.717, 1.165) is 12.1 Å². The summed E-state index contributed by atoms with van der Waals surface area (Å²) in [5.74, 6) is 0. The van der Waals surface area contributed by atoms with E-state index in [2.05, 4.69) is 10.3 Å². The van der Waals surface area contributed by atoms with E-state index in [4.69, 9.17) is 0 Å². The van der Waals surface area contributed by atoms with E-state index >= 15 is 0 Å². The third kappa shape index (κ3) is 4.15. The topological polar surface area (TPSA) is 59.1 Å². The molecule has 1 aromatic carbocycles. The van der Waals surface area contributed by atoms with E-state index in [1.807, 2.05) is 24.3 Å². The van der Waals surface area contributed by atoms with E-state index in [1.165, 1.54) is 11.8 Å². The predicted molar refractivity (Wildman–Crippen MR) is 74.3 cm³/mol. The second-order valence-electron chi connectivity index (χ2n) is 4.38. The predicted octanol–water partition coefficient (Wildman–Crippen LogP) is 1.77. The maximum Gasteiger partial charge on any atom is 0.175 e. The van der Waals surface area contributed by atoms with Crippen LogP contribution in [0, 0.1) is 0 Å². The molecule has 0 aliphatic carbocycles. The van der Waals surface area contributed by atoms with Crippen LogP contribution in [0.1, 0.15) is 11.1 Å². The summed E-state index contributed by atoms with van der Waals surface area (Å²) in [6, 6.07) is 10.9. The minimum Gasteiger partial charge on any atom is -0.309 e. The lowest BCUT2D eigenvalue weighted by molar-refractivity contribution is 0.602. The Bertz CT molecular complexity index is 622. The third-order valence-corrected chi connectivity index (χ3v) is 3.89. The Balaban J connectivity index is 1.90. The summed E-state index contributed by atoms with van der Waals surface area (Å²) in [7, 11) is -3.11. The van der Waals surface area contributed by atoms with Gasteiger partial charge in [-0.15, -0.1) is 0 Å². The van der Waals surface area contributed by atoms with Gasteiger partial charge < -0.3 is 5.32 Å². The minimum atomic E-state index is -3.11. The Hall–Kier alpha value is -1.72. The van der Waals surface area contributed by atoms with Crippen LogP contribution >= 0.6 is 0 Å². The van der Waals surface area contributed by atoms with Gasteiger partial charge in [-0.25, -0.2) is 8.42 Å². The van der Waals surface area contributed by atoms with Crippen molar-refractivity contribution in [1.29, 1.82) is 0 Å². The van der Waals surface area contributed by atoms with Crippen LogP contribution in [-0.4, -0.2) is 19.7 Å². The van der Waals surface area contributed by atoms with Gasteiger partial charge in [0.2, 0.25) is 0 Å². The number of hydrogen-bond acceptors (Lipinski definition) is 4. The molecule has 2 aromatic rings. The van der Waals surface area contributed by atoms with Crippen LogP contribution in [0.4, 0.5) is 0 Å². The number of sulfone groups is 1. The molecule has 0 saturated heterocycles. The van der Waals surface area contributed by atoms with Gasteiger partial charge in [-0.3, -0.25) is 4.98 Å². The number of nitrogens with one attached hydrogen (secondary N) is 1. The quantitative estimate of drug-likeness (QED) is 0.904. The highest BCUT2D eigenvalue weighted by atomic mass is 32.2. The van der Waals surface area contributed by atoms with Crippen molar-refractivity contribution in [2.24, 2.45) is 0 Å². The van der Waals surface area contributed by atoms with E-state index < -0.39 is 9.84 Å². The number of aromatic nitrogens is 1. The van der Waals surface area contributed by atoms with Crippen molar-refractivity contribution in [3.05, 3.63) is 59.9 Å². The standard InChI is InChI=1S/C14H16N2O2S/c1-19(17,18)14-4-2-12(3-5-14)10-16-11-13-6-8-15-9-7-13/h2-9,16H,10-11H2,1H3. The zero-order valence-corrected chi connectivity index (χ0v) is 11.5. The normalized spacial score (nSPS) is 11.4. The monoisotopic (exact) mass is 276 g/mol. The van der Waals surface area contributed by atoms with Crippen LogP contribution in [0.3, 0.4) is 0 Å². The van der Waals surface area contributed by atoms with Crippen molar-refractivity contribution in [3.63, 3.8) is 0 Å². The van der Waals surface area contributed by atoms with Crippen LogP contribution in [0.15, 0.2) is 53.7 Å². The molecule has 0 amide bonds. The first-order valence-electron chi connectivity index (χ1n) is 5.94. The highest BCUT2D eigenvalue weighted by Crippen LogP contribution is 2.10. The van der Waals surface area contributed by atoms with Crippen molar-refractivity contribution < 1.29 is 8.42 Å².